The summed E-state index contributed by atoms with van der Waals surface area (Å²) in [7, 11) is 0. The molecule has 3 amide bonds. The number of carbonyl (C=O) groups is 3. The van der Waals surface area contributed by atoms with E-state index >= 15 is 0 Å². The number of aromatic nitrogens is 2. The first kappa shape index (κ1) is 24.1. The van der Waals surface area contributed by atoms with Gasteiger partial charge < -0.3 is 21.7 Å². The average Bonchev–Trinajstić information content (AvgIpc) is 3.32. The summed E-state index contributed by atoms with van der Waals surface area (Å²) in [6, 6.07) is 16.5. The van der Waals surface area contributed by atoms with Gasteiger partial charge in [0.15, 0.2) is 0 Å². The predicted molar refractivity (Wildman–Crippen MR) is 129 cm³/mol. The Balaban J connectivity index is 1.36. The second-order valence-corrected chi connectivity index (χ2v) is 7.63. The Morgan fingerprint density at radius 2 is 1.47 bits per heavy atom. The van der Waals surface area contributed by atoms with Crippen LogP contribution in [-0.2, 0) is 6.54 Å². The lowest BCUT2D eigenvalue weighted by molar-refractivity contribution is 0.0945. The lowest BCUT2D eigenvalue weighted by atomic mass is 10.1. The van der Waals surface area contributed by atoms with Gasteiger partial charge in [0.1, 0.15) is 22.9 Å². The average molecular weight is 490 g/mol. The Morgan fingerprint density at radius 3 is 2.17 bits per heavy atom. The van der Waals surface area contributed by atoms with Gasteiger partial charge in [-0.1, -0.05) is 30.3 Å². The van der Waals surface area contributed by atoms with Gasteiger partial charge in [-0.3, -0.25) is 19.5 Å². The van der Waals surface area contributed by atoms with E-state index in [1.165, 1.54) is 0 Å². The van der Waals surface area contributed by atoms with E-state index in [0.29, 0.717) is 22.5 Å². The van der Waals surface area contributed by atoms with Crippen molar-refractivity contribution in [3.63, 3.8) is 0 Å². The zero-order chi connectivity index (χ0) is 25.7. The van der Waals surface area contributed by atoms with Crippen LogP contribution in [0.2, 0.25) is 0 Å². The van der Waals surface area contributed by atoms with Gasteiger partial charge in [-0.25, -0.2) is 8.78 Å². The molecule has 4 aromatic rings. The monoisotopic (exact) mass is 490 g/mol. The third-order valence-electron chi connectivity index (χ3n) is 5.18. The molecule has 0 bridgehead atoms. The molecule has 0 spiro atoms. The first-order valence-corrected chi connectivity index (χ1v) is 10.6. The first-order chi connectivity index (χ1) is 17.3. The van der Waals surface area contributed by atoms with Crippen molar-refractivity contribution >= 4 is 34.8 Å². The molecule has 0 unspecified atom stereocenters. The number of nitrogens with zero attached hydrogens (tertiary/aromatic N) is 1. The molecule has 1 heterocycles. The summed E-state index contributed by atoms with van der Waals surface area (Å²) >= 11 is 0. The van der Waals surface area contributed by atoms with Crippen LogP contribution in [0.15, 0.2) is 72.9 Å². The number of hydrogen-bond donors (Lipinski definition) is 5. The Bertz CT molecular complexity index is 1420. The van der Waals surface area contributed by atoms with Gasteiger partial charge in [-0.05, 0) is 42.0 Å². The van der Waals surface area contributed by atoms with Crippen molar-refractivity contribution in [1.82, 2.24) is 15.5 Å². The van der Waals surface area contributed by atoms with Gasteiger partial charge in [0.05, 0.1) is 23.3 Å². The van der Waals surface area contributed by atoms with E-state index in [1.807, 2.05) is 0 Å². The van der Waals surface area contributed by atoms with Crippen molar-refractivity contribution in [2.24, 2.45) is 0 Å². The molecule has 0 aliphatic heterocycles. The minimum Gasteiger partial charge on any atom is -0.397 e. The van der Waals surface area contributed by atoms with Crippen molar-refractivity contribution in [3.05, 3.63) is 107 Å². The molecule has 0 saturated carbocycles. The quantitative estimate of drug-likeness (QED) is 0.251. The fraction of sp³-hybridized carbons (Fsp3) is 0.0400. The topological polar surface area (TPSA) is 142 Å². The molecule has 3 aromatic carbocycles. The largest absolute Gasteiger partial charge is 0.397 e. The van der Waals surface area contributed by atoms with Gasteiger partial charge in [0, 0.05) is 12.1 Å². The number of nitrogen functional groups attached to an aromatic ring is 1. The molecule has 9 nitrogen and oxygen atoms in total. The summed E-state index contributed by atoms with van der Waals surface area (Å²) in [4.78, 5) is 37.4. The van der Waals surface area contributed by atoms with Crippen LogP contribution < -0.4 is 21.7 Å². The van der Waals surface area contributed by atoms with Crippen LogP contribution in [0.3, 0.4) is 0 Å². The molecule has 0 atom stereocenters. The molecular weight excluding hydrogens is 470 g/mol. The van der Waals surface area contributed by atoms with E-state index in [9.17, 15) is 23.2 Å². The van der Waals surface area contributed by atoms with E-state index in [0.717, 1.165) is 24.4 Å². The van der Waals surface area contributed by atoms with Crippen molar-refractivity contribution in [2.45, 2.75) is 6.54 Å². The van der Waals surface area contributed by atoms with E-state index in [2.05, 4.69) is 26.1 Å². The standard InChI is InChI=1S/C25H20F2N6O3/c26-16-4-3-5-17(27)21(16)24(35)32-20-13-30-33-22(20)25(36)29-12-14-8-10-15(11-9-14)23(34)31-19-7-2-1-6-18(19)28/h1-11,13H,12,28H2,(H,29,36)(H,30,33)(H,31,34)(H,32,35). The number of benzene rings is 3. The van der Waals surface area contributed by atoms with Crippen molar-refractivity contribution in [1.29, 1.82) is 0 Å². The fourth-order valence-corrected chi connectivity index (χ4v) is 3.30. The highest BCUT2D eigenvalue weighted by Gasteiger charge is 2.21. The molecule has 0 aliphatic rings. The van der Waals surface area contributed by atoms with Crippen LogP contribution >= 0.6 is 0 Å². The zero-order valence-electron chi connectivity index (χ0n) is 18.6. The fourth-order valence-electron chi connectivity index (χ4n) is 3.30. The van der Waals surface area contributed by atoms with Crippen LogP contribution in [0.4, 0.5) is 25.8 Å². The van der Waals surface area contributed by atoms with Crippen molar-refractivity contribution in [3.8, 4) is 0 Å². The third kappa shape index (κ3) is 5.36. The Labute approximate surface area is 203 Å². The number of H-pyrrole nitrogens is 1. The van der Waals surface area contributed by atoms with Gasteiger partial charge in [0.25, 0.3) is 17.7 Å². The Hall–Kier alpha value is -5.06. The molecule has 6 N–H and O–H groups in total. The number of amides is 3. The predicted octanol–water partition coefficient (Wildman–Crippen LogP) is 3.70. The van der Waals surface area contributed by atoms with Gasteiger partial charge in [-0.15, -0.1) is 0 Å². The second kappa shape index (κ2) is 10.5. The number of para-hydroxylation sites is 2. The van der Waals surface area contributed by atoms with Crippen LogP contribution in [0, 0.1) is 11.6 Å². The second-order valence-electron chi connectivity index (χ2n) is 7.63. The SMILES string of the molecule is Nc1ccccc1NC(=O)c1ccc(CNC(=O)c2[nH]ncc2NC(=O)c2c(F)cccc2F)cc1. The molecule has 0 aliphatic carbocycles. The maximum absolute atomic E-state index is 13.9. The summed E-state index contributed by atoms with van der Waals surface area (Å²) in [6.45, 7) is 0.0979. The normalized spacial score (nSPS) is 10.5. The molecule has 4 rings (SSSR count). The van der Waals surface area contributed by atoms with E-state index in [4.69, 9.17) is 5.73 Å². The van der Waals surface area contributed by atoms with Crippen LogP contribution in [0.25, 0.3) is 0 Å². The van der Waals surface area contributed by atoms with Crippen LogP contribution in [-0.4, -0.2) is 27.9 Å². The molecule has 0 radical (unpaired) electrons. The van der Waals surface area contributed by atoms with Crippen LogP contribution in [0.5, 0.6) is 0 Å². The highest BCUT2D eigenvalue weighted by Crippen LogP contribution is 2.19. The maximum atomic E-state index is 13.9. The van der Waals surface area contributed by atoms with Gasteiger partial charge >= 0.3 is 0 Å². The number of rotatable bonds is 7. The van der Waals surface area contributed by atoms with E-state index < -0.39 is 29.0 Å². The third-order valence-corrected chi connectivity index (χ3v) is 5.18. The minimum atomic E-state index is -1.06. The summed E-state index contributed by atoms with van der Waals surface area (Å²) in [6.07, 6.45) is 1.15. The zero-order valence-corrected chi connectivity index (χ0v) is 18.6. The highest BCUT2D eigenvalue weighted by molar-refractivity contribution is 6.08. The molecule has 0 fully saturated rings. The van der Waals surface area contributed by atoms with Gasteiger partial charge in [0.2, 0.25) is 0 Å². The lowest BCUT2D eigenvalue weighted by Gasteiger charge is -2.10. The smallest absolute Gasteiger partial charge is 0.271 e. The summed E-state index contributed by atoms with van der Waals surface area (Å²) in [5.74, 6) is -4.09. The first-order valence-electron chi connectivity index (χ1n) is 10.6. The lowest BCUT2D eigenvalue weighted by Crippen LogP contribution is -2.25. The highest BCUT2D eigenvalue weighted by atomic mass is 19.1. The number of nitrogens with two attached hydrogens (primary N) is 1. The molecule has 36 heavy (non-hydrogen) atoms. The maximum Gasteiger partial charge on any atom is 0.271 e. The van der Waals surface area contributed by atoms with Crippen molar-refractivity contribution < 1.29 is 23.2 Å². The Kier molecular flexibility index (Phi) is 7.00. The molecule has 1 aromatic heterocycles. The number of aromatic amines is 1. The molecule has 11 heteroatoms. The number of anilines is 3. The summed E-state index contributed by atoms with van der Waals surface area (Å²) in [5, 5.41) is 13.8. The Morgan fingerprint density at radius 1 is 0.806 bits per heavy atom. The molecule has 0 saturated heterocycles. The summed E-state index contributed by atoms with van der Waals surface area (Å²) < 4.78 is 27.7. The number of nitrogens with one attached hydrogen (secondary N) is 4. The van der Waals surface area contributed by atoms with Crippen molar-refractivity contribution in [2.75, 3.05) is 16.4 Å². The van der Waals surface area contributed by atoms with Crippen LogP contribution in [0.1, 0.15) is 36.8 Å². The minimum absolute atomic E-state index is 0.0487. The van der Waals surface area contributed by atoms with Gasteiger partial charge in [-0.2, -0.15) is 5.10 Å². The number of carbonyl (C=O) groups excluding carboxylic acids is 3. The van der Waals surface area contributed by atoms with E-state index in [-0.39, 0.29) is 23.8 Å². The number of hydrogen-bond acceptors (Lipinski definition) is 5. The molecular formula is C25H20F2N6O3. The van der Waals surface area contributed by atoms with E-state index in [1.54, 1.807) is 48.5 Å². The number of halogens is 2. The molecule has 182 valence electrons. The summed E-state index contributed by atoms with van der Waals surface area (Å²) in [5.41, 5.74) is 6.95.